The Kier molecular flexibility index (Phi) is 8.14. The molecular weight excluding hydrogens is 478 g/mol. The number of carbonyl (C=O) groups excluding carboxylic acids is 1. The fourth-order valence-electron chi connectivity index (χ4n) is 3.03. The van der Waals surface area contributed by atoms with Gasteiger partial charge in [-0.2, -0.15) is 18.4 Å². The molecule has 178 valence electrons. The molecule has 0 unspecified atom stereocenters. The third-order valence-corrected chi connectivity index (χ3v) is 6.36. The first-order valence-electron chi connectivity index (χ1n) is 10.1. The molecule has 3 aromatic carbocycles. The second-order valence-electron chi connectivity index (χ2n) is 7.24. The summed E-state index contributed by atoms with van der Waals surface area (Å²) in [4.78, 5) is 14.4. The van der Waals surface area contributed by atoms with Crippen LogP contribution in [0.1, 0.15) is 18.1 Å². The SMILES string of the molecule is COc1ccc(S(=O)(=O)N/N=C(\C)c2ccc(NC(=O)Cc3ccc(Cl)cc3)cc2)c(OC)c1. The molecule has 1 amide bonds. The quantitative estimate of drug-likeness (QED) is 0.337. The minimum Gasteiger partial charge on any atom is -0.497 e. The largest absolute Gasteiger partial charge is 0.497 e. The Morgan fingerprint density at radius 2 is 1.65 bits per heavy atom. The summed E-state index contributed by atoms with van der Waals surface area (Å²) in [5, 5.41) is 7.44. The number of halogens is 1. The van der Waals surface area contributed by atoms with Crippen molar-refractivity contribution in [3.63, 3.8) is 0 Å². The molecule has 0 aliphatic heterocycles. The van der Waals surface area contributed by atoms with Crippen LogP contribution in [-0.2, 0) is 21.2 Å². The molecule has 0 heterocycles. The van der Waals surface area contributed by atoms with Crippen molar-refractivity contribution in [2.24, 2.45) is 5.10 Å². The highest BCUT2D eigenvalue weighted by molar-refractivity contribution is 7.89. The summed E-state index contributed by atoms with van der Waals surface area (Å²) in [5.74, 6) is 0.441. The van der Waals surface area contributed by atoms with Gasteiger partial charge >= 0.3 is 0 Å². The standard InChI is InChI=1S/C24H24ClN3O5S/c1-16(27-28-34(30,31)23-13-12-21(32-2)15-22(23)33-3)18-6-10-20(11-7-18)26-24(29)14-17-4-8-19(25)9-5-17/h4-13,15,28H,14H2,1-3H3,(H,26,29)/b27-16+. The minimum absolute atomic E-state index is 0.0638. The number of amides is 1. The third kappa shape index (κ3) is 6.49. The number of anilines is 1. The van der Waals surface area contributed by atoms with E-state index in [2.05, 4.69) is 15.2 Å². The van der Waals surface area contributed by atoms with Gasteiger partial charge in [0, 0.05) is 16.8 Å². The first-order valence-corrected chi connectivity index (χ1v) is 12.0. The lowest BCUT2D eigenvalue weighted by Crippen LogP contribution is -2.20. The number of methoxy groups -OCH3 is 2. The van der Waals surface area contributed by atoms with Crippen LogP contribution in [0, 0.1) is 0 Å². The molecule has 0 saturated carbocycles. The summed E-state index contributed by atoms with van der Waals surface area (Å²) in [7, 11) is -1.12. The summed E-state index contributed by atoms with van der Waals surface area (Å²) in [6, 6.07) is 18.4. The predicted molar refractivity (Wildman–Crippen MR) is 132 cm³/mol. The summed E-state index contributed by atoms with van der Waals surface area (Å²) in [6.45, 7) is 1.67. The molecule has 3 rings (SSSR count). The topological polar surface area (TPSA) is 106 Å². The van der Waals surface area contributed by atoms with Gasteiger partial charge in [-0.3, -0.25) is 4.79 Å². The number of hydrazone groups is 1. The van der Waals surface area contributed by atoms with Crippen molar-refractivity contribution in [3.05, 3.63) is 82.9 Å². The van der Waals surface area contributed by atoms with Gasteiger partial charge in [0.05, 0.1) is 26.4 Å². The Morgan fingerprint density at radius 1 is 0.971 bits per heavy atom. The lowest BCUT2D eigenvalue weighted by Gasteiger charge is -2.11. The van der Waals surface area contributed by atoms with Gasteiger partial charge in [-0.15, -0.1) is 0 Å². The normalized spacial score (nSPS) is 11.6. The van der Waals surface area contributed by atoms with E-state index in [-0.39, 0.29) is 23.0 Å². The van der Waals surface area contributed by atoms with Crippen LogP contribution in [0.5, 0.6) is 11.5 Å². The zero-order chi connectivity index (χ0) is 24.7. The van der Waals surface area contributed by atoms with Gasteiger partial charge < -0.3 is 14.8 Å². The molecule has 0 aliphatic rings. The van der Waals surface area contributed by atoms with Crippen LogP contribution in [-0.4, -0.2) is 34.3 Å². The lowest BCUT2D eigenvalue weighted by molar-refractivity contribution is -0.115. The Balaban J connectivity index is 1.65. The van der Waals surface area contributed by atoms with Gasteiger partial charge in [0.1, 0.15) is 16.4 Å². The molecule has 0 aliphatic carbocycles. The molecule has 10 heteroatoms. The van der Waals surface area contributed by atoms with E-state index in [1.165, 1.54) is 32.4 Å². The Bertz CT molecular complexity index is 1290. The van der Waals surface area contributed by atoms with Gasteiger partial charge in [0.25, 0.3) is 10.0 Å². The van der Waals surface area contributed by atoms with Crippen LogP contribution in [0.15, 0.2) is 76.7 Å². The van der Waals surface area contributed by atoms with E-state index in [0.29, 0.717) is 27.7 Å². The second kappa shape index (κ2) is 11.0. The van der Waals surface area contributed by atoms with Crippen molar-refractivity contribution in [1.29, 1.82) is 0 Å². The number of sulfonamides is 1. The van der Waals surface area contributed by atoms with Gasteiger partial charge in [0.15, 0.2) is 0 Å². The van der Waals surface area contributed by atoms with Crippen LogP contribution in [0.25, 0.3) is 0 Å². The Hall–Kier alpha value is -3.56. The number of hydrogen-bond acceptors (Lipinski definition) is 6. The van der Waals surface area contributed by atoms with Crippen LogP contribution in [0.4, 0.5) is 5.69 Å². The van der Waals surface area contributed by atoms with E-state index in [4.69, 9.17) is 21.1 Å². The fraction of sp³-hybridized carbons (Fsp3) is 0.167. The maximum atomic E-state index is 12.7. The second-order valence-corrected chi connectivity index (χ2v) is 9.30. The molecule has 0 bridgehead atoms. The van der Waals surface area contributed by atoms with Gasteiger partial charge in [-0.05, 0) is 54.4 Å². The van der Waals surface area contributed by atoms with Crippen molar-refractivity contribution in [2.45, 2.75) is 18.2 Å². The molecule has 0 spiro atoms. The molecule has 2 N–H and O–H groups in total. The smallest absolute Gasteiger partial charge is 0.280 e. The maximum absolute atomic E-state index is 12.7. The molecule has 0 aromatic heterocycles. The highest BCUT2D eigenvalue weighted by Crippen LogP contribution is 2.28. The average Bonchev–Trinajstić information content (AvgIpc) is 2.84. The van der Waals surface area contributed by atoms with E-state index in [1.54, 1.807) is 55.5 Å². The number of hydrogen-bond donors (Lipinski definition) is 2. The first-order chi connectivity index (χ1) is 16.2. The monoisotopic (exact) mass is 501 g/mol. The Morgan fingerprint density at radius 3 is 2.26 bits per heavy atom. The van der Waals surface area contributed by atoms with Gasteiger partial charge in [-0.25, -0.2) is 0 Å². The molecule has 0 fully saturated rings. The van der Waals surface area contributed by atoms with Crippen LogP contribution in [0.3, 0.4) is 0 Å². The van der Waals surface area contributed by atoms with Crippen LogP contribution in [0.2, 0.25) is 5.02 Å². The molecule has 34 heavy (non-hydrogen) atoms. The van der Waals surface area contributed by atoms with Gasteiger partial charge in [0.2, 0.25) is 5.91 Å². The molecule has 0 saturated heterocycles. The van der Waals surface area contributed by atoms with E-state index in [9.17, 15) is 13.2 Å². The molecule has 8 nitrogen and oxygen atoms in total. The van der Waals surface area contributed by atoms with Crippen molar-refractivity contribution in [2.75, 3.05) is 19.5 Å². The Labute approximate surface area is 203 Å². The van der Waals surface area contributed by atoms with Crippen molar-refractivity contribution < 1.29 is 22.7 Å². The van der Waals surface area contributed by atoms with E-state index in [0.717, 1.165) is 5.56 Å². The zero-order valence-electron chi connectivity index (χ0n) is 18.8. The predicted octanol–water partition coefficient (Wildman–Crippen LogP) is 4.24. The third-order valence-electron chi connectivity index (χ3n) is 4.86. The number of ether oxygens (including phenoxy) is 2. The molecular formula is C24H24ClN3O5S. The first kappa shape index (κ1) is 25.1. The van der Waals surface area contributed by atoms with Crippen LogP contribution >= 0.6 is 11.6 Å². The number of benzene rings is 3. The lowest BCUT2D eigenvalue weighted by atomic mass is 10.1. The van der Waals surface area contributed by atoms with E-state index < -0.39 is 10.0 Å². The van der Waals surface area contributed by atoms with Gasteiger partial charge in [-0.1, -0.05) is 35.9 Å². The summed E-state index contributed by atoms with van der Waals surface area (Å²) in [6.07, 6.45) is 0.218. The number of carbonyl (C=O) groups is 1. The minimum atomic E-state index is -3.97. The average molecular weight is 502 g/mol. The molecule has 0 radical (unpaired) electrons. The molecule has 0 atom stereocenters. The fourth-order valence-corrected chi connectivity index (χ4v) is 4.16. The maximum Gasteiger partial charge on any atom is 0.280 e. The van der Waals surface area contributed by atoms with Crippen molar-refractivity contribution in [3.8, 4) is 11.5 Å². The van der Waals surface area contributed by atoms with Crippen molar-refractivity contribution >= 4 is 38.9 Å². The van der Waals surface area contributed by atoms with Crippen LogP contribution < -0.4 is 19.6 Å². The van der Waals surface area contributed by atoms with Crippen molar-refractivity contribution in [1.82, 2.24) is 4.83 Å². The zero-order valence-corrected chi connectivity index (χ0v) is 20.4. The van der Waals surface area contributed by atoms with E-state index in [1.807, 2.05) is 0 Å². The highest BCUT2D eigenvalue weighted by atomic mass is 35.5. The summed E-state index contributed by atoms with van der Waals surface area (Å²) in [5.41, 5.74) is 2.58. The number of rotatable bonds is 9. The summed E-state index contributed by atoms with van der Waals surface area (Å²) >= 11 is 5.86. The number of nitrogens with one attached hydrogen (secondary N) is 2. The summed E-state index contributed by atoms with van der Waals surface area (Å²) < 4.78 is 35.7. The molecule has 3 aromatic rings. The number of nitrogens with zero attached hydrogens (tertiary/aromatic N) is 1. The van der Waals surface area contributed by atoms with E-state index >= 15 is 0 Å². The highest BCUT2D eigenvalue weighted by Gasteiger charge is 2.20.